The fraction of sp³-hybridized carbons (Fsp3) is 0.233. The summed E-state index contributed by atoms with van der Waals surface area (Å²) in [5.74, 6) is 1.21. The zero-order valence-electron chi connectivity index (χ0n) is 21.1. The van der Waals surface area contributed by atoms with E-state index in [2.05, 4.69) is 32.8 Å². The summed E-state index contributed by atoms with van der Waals surface area (Å²) < 4.78 is 5.57. The highest BCUT2D eigenvalue weighted by Crippen LogP contribution is 2.36. The number of carbonyl (C=O) groups is 1. The van der Waals surface area contributed by atoms with E-state index >= 15 is 0 Å². The number of rotatable bonds is 7. The van der Waals surface area contributed by atoms with E-state index in [4.69, 9.17) is 4.74 Å². The average molecular weight is 494 g/mol. The number of hydrogen-bond acceptors (Lipinski definition) is 6. The van der Waals surface area contributed by atoms with Crippen molar-refractivity contribution in [2.45, 2.75) is 32.1 Å². The van der Waals surface area contributed by atoms with E-state index in [0.717, 1.165) is 28.3 Å². The van der Waals surface area contributed by atoms with Gasteiger partial charge in [-0.3, -0.25) is 4.79 Å². The van der Waals surface area contributed by atoms with Crippen LogP contribution in [0.1, 0.15) is 29.7 Å². The first-order valence-corrected chi connectivity index (χ1v) is 12.5. The Kier molecular flexibility index (Phi) is 7.14. The topological polar surface area (TPSA) is 88.2 Å². The van der Waals surface area contributed by atoms with Gasteiger partial charge in [-0.15, -0.1) is 0 Å². The lowest BCUT2D eigenvalue weighted by Gasteiger charge is -2.36. The van der Waals surface area contributed by atoms with Crippen LogP contribution < -0.4 is 16.0 Å². The SMILES string of the molecule is Cc1ccc(Nc2nc(C)cc(Nc3ccc(NC(=O)C4(c5ccccc5)CCOCC4)cc3)n2)cc1. The molecule has 0 radical (unpaired) electrons. The molecule has 4 aromatic rings. The molecule has 0 spiro atoms. The van der Waals surface area contributed by atoms with Gasteiger partial charge in [0.2, 0.25) is 11.9 Å². The monoisotopic (exact) mass is 493 g/mol. The van der Waals surface area contributed by atoms with E-state index in [0.29, 0.717) is 37.8 Å². The fourth-order valence-electron chi connectivity index (χ4n) is 4.61. The maximum absolute atomic E-state index is 13.5. The molecule has 1 aliphatic heterocycles. The molecule has 5 rings (SSSR count). The highest BCUT2D eigenvalue weighted by Gasteiger charge is 2.41. The third-order valence-electron chi connectivity index (χ3n) is 6.68. The predicted molar refractivity (Wildman–Crippen MR) is 148 cm³/mol. The average Bonchev–Trinajstić information content (AvgIpc) is 2.92. The van der Waals surface area contributed by atoms with Gasteiger partial charge in [0.15, 0.2) is 0 Å². The van der Waals surface area contributed by atoms with Gasteiger partial charge in [0.05, 0.1) is 5.41 Å². The standard InChI is InChI=1S/C30H31N5O2/c1-21-8-10-26(11-9-21)34-29-31-22(2)20-27(35-29)32-24-12-14-25(15-13-24)33-28(36)30(16-18-37-19-17-30)23-6-4-3-5-7-23/h3-15,20H,16-19H2,1-2H3,(H,33,36)(H2,31,32,34,35). The van der Waals surface area contributed by atoms with Crippen LogP contribution in [0, 0.1) is 13.8 Å². The maximum Gasteiger partial charge on any atom is 0.235 e. The molecule has 37 heavy (non-hydrogen) atoms. The molecule has 7 heteroatoms. The van der Waals surface area contributed by atoms with E-state index < -0.39 is 5.41 Å². The molecule has 2 heterocycles. The summed E-state index contributed by atoms with van der Waals surface area (Å²) in [6.07, 6.45) is 1.32. The van der Waals surface area contributed by atoms with Crippen molar-refractivity contribution in [3.05, 3.63) is 102 Å². The first-order valence-electron chi connectivity index (χ1n) is 12.5. The number of hydrogen-bond donors (Lipinski definition) is 3. The minimum Gasteiger partial charge on any atom is -0.381 e. The van der Waals surface area contributed by atoms with Gasteiger partial charge in [-0.1, -0.05) is 48.0 Å². The molecule has 3 aromatic carbocycles. The molecule has 188 valence electrons. The molecule has 0 aliphatic carbocycles. The van der Waals surface area contributed by atoms with Crippen molar-refractivity contribution >= 4 is 34.7 Å². The van der Waals surface area contributed by atoms with Crippen molar-refractivity contribution in [3.8, 4) is 0 Å². The van der Waals surface area contributed by atoms with Crippen molar-refractivity contribution in [2.75, 3.05) is 29.2 Å². The second-order valence-corrected chi connectivity index (χ2v) is 9.43. The van der Waals surface area contributed by atoms with Gasteiger partial charge < -0.3 is 20.7 Å². The van der Waals surface area contributed by atoms with Gasteiger partial charge in [0.1, 0.15) is 5.82 Å². The number of benzene rings is 3. The zero-order valence-corrected chi connectivity index (χ0v) is 21.1. The van der Waals surface area contributed by atoms with Crippen LogP contribution in [0.4, 0.5) is 28.8 Å². The molecule has 1 saturated heterocycles. The zero-order chi connectivity index (χ0) is 25.7. The van der Waals surface area contributed by atoms with Crippen molar-refractivity contribution in [1.82, 2.24) is 9.97 Å². The van der Waals surface area contributed by atoms with E-state index in [1.54, 1.807) is 0 Å². The summed E-state index contributed by atoms with van der Waals surface area (Å²) in [6, 6.07) is 27.6. The summed E-state index contributed by atoms with van der Waals surface area (Å²) in [5.41, 5.74) is 5.03. The lowest BCUT2D eigenvalue weighted by atomic mass is 9.73. The normalized spacial score (nSPS) is 14.5. The smallest absolute Gasteiger partial charge is 0.235 e. The number of aryl methyl sites for hydroxylation is 2. The first kappa shape index (κ1) is 24.5. The van der Waals surface area contributed by atoms with Gasteiger partial charge in [-0.2, -0.15) is 4.98 Å². The van der Waals surface area contributed by atoms with E-state index in [-0.39, 0.29) is 5.91 Å². The second kappa shape index (κ2) is 10.8. The quantitative estimate of drug-likeness (QED) is 0.281. The van der Waals surface area contributed by atoms with Gasteiger partial charge in [0, 0.05) is 42.0 Å². The van der Waals surface area contributed by atoms with Crippen LogP contribution in [0.15, 0.2) is 84.9 Å². The summed E-state index contributed by atoms with van der Waals surface area (Å²) in [7, 11) is 0. The van der Waals surface area contributed by atoms with E-state index in [1.807, 2.05) is 91.9 Å². The number of ether oxygens (including phenoxy) is 1. The Morgan fingerprint density at radius 2 is 1.41 bits per heavy atom. The molecule has 1 aromatic heterocycles. The van der Waals surface area contributed by atoms with Crippen LogP contribution in [0.25, 0.3) is 0 Å². The summed E-state index contributed by atoms with van der Waals surface area (Å²) in [5, 5.41) is 9.73. The van der Waals surface area contributed by atoms with Crippen LogP contribution in [0.2, 0.25) is 0 Å². The summed E-state index contributed by atoms with van der Waals surface area (Å²) in [6.45, 7) is 5.14. The molecular weight excluding hydrogens is 462 g/mol. The number of nitrogens with zero attached hydrogens (tertiary/aromatic N) is 2. The molecule has 1 fully saturated rings. The van der Waals surface area contributed by atoms with Gasteiger partial charge in [0.25, 0.3) is 0 Å². The van der Waals surface area contributed by atoms with Crippen LogP contribution >= 0.6 is 0 Å². The van der Waals surface area contributed by atoms with Crippen molar-refractivity contribution in [3.63, 3.8) is 0 Å². The highest BCUT2D eigenvalue weighted by molar-refractivity contribution is 5.99. The van der Waals surface area contributed by atoms with Crippen LogP contribution in [-0.4, -0.2) is 29.1 Å². The Hall–Kier alpha value is -4.23. The molecule has 0 bridgehead atoms. The number of anilines is 5. The van der Waals surface area contributed by atoms with Crippen molar-refractivity contribution in [2.24, 2.45) is 0 Å². The lowest BCUT2D eigenvalue weighted by molar-refractivity contribution is -0.125. The molecule has 0 atom stereocenters. The number of nitrogens with one attached hydrogen (secondary N) is 3. The Labute approximate surface area is 217 Å². The Balaban J connectivity index is 1.28. The number of amides is 1. The van der Waals surface area contributed by atoms with Crippen molar-refractivity contribution < 1.29 is 9.53 Å². The van der Waals surface area contributed by atoms with Crippen LogP contribution in [0.5, 0.6) is 0 Å². The molecule has 0 unspecified atom stereocenters. The number of carbonyl (C=O) groups excluding carboxylic acids is 1. The molecule has 1 amide bonds. The largest absolute Gasteiger partial charge is 0.381 e. The summed E-state index contributed by atoms with van der Waals surface area (Å²) >= 11 is 0. The first-order chi connectivity index (χ1) is 18.0. The minimum absolute atomic E-state index is 0.000885. The summed E-state index contributed by atoms with van der Waals surface area (Å²) in [4.78, 5) is 22.6. The van der Waals surface area contributed by atoms with E-state index in [9.17, 15) is 4.79 Å². The van der Waals surface area contributed by atoms with E-state index in [1.165, 1.54) is 5.56 Å². The Morgan fingerprint density at radius 1 is 0.784 bits per heavy atom. The Bertz CT molecular complexity index is 1350. The fourth-order valence-corrected chi connectivity index (χ4v) is 4.61. The van der Waals surface area contributed by atoms with Crippen LogP contribution in [0.3, 0.4) is 0 Å². The molecule has 1 aliphatic rings. The predicted octanol–water partition coefficient (Wildman–Crippen LogP) is 6.27. The lowest BCUT2D eigenvalue weighted by Crippen LogP contribution is -2.44. The molecule has 7 nitrogen and oxygen atoms in total. The maximum atomic E-state index is 13.5. The molecular formula is C30H31N5O2. The number of aromatic nitrogens is 2. The second-order valence-electron chi connectivity index (χ2n) is 9.43. The van der Waals surface area contributed by atoms with Gasteiger partial charge in [-0.25, -0.2) is 4.98 Å². The Morgan fingerprint density at radius 3 is 2.11 bits per heavy atom. The third kappa shape index (κ3) is 5.78. The highest BCUT2D eigenvalue weighted by atomic mass is 16.5. The third-order valence-corrected chi connectivity index (χ3v) is 6.68. The van der Waals surface area contributed by atoms with Gasteiger partial charge in [-0.05, 0) is 68.7 Å². The van der Waals surface area contributed by atoms with Gasteiger partial charge >= 0.3 is 0 Å². The van der Waals surface area contributed by atoms with Crippen molar-refractivity contribution in [1.29, 1.82) is 0 Å². The molecule has 0 saturated carbocycles. The van der Waals surface area contributed by atoms with Crippen LogP contribution in [-0.2, 0) is 14.9 Å². The minimum atomic E-state index is -0.588. The molecule has 3 N–H and O–H groups in total.